The van der Waals surface area contributed by atoms with Gasteiger partial charge in [-0.25, -0.2) is 0 Å². The molecule has 0 bridgehead atoms. The highest BCUT2D eigenvalue weighted by atomic mass is 16.5. The first kappa shape index (κ1) is 10.2. The van der Waals surface area contributed by atoms with Gasteiger partial charge in [0.25, 0.3) is 5.91 Å². The van der Waals surface area contributed by atoms with Crippen LogP contribution in [0.5, 0.6) is 0 Å². The Morgan fingerprint density at radius 3 is 2.73 bits per heavy atom. The minimum absolute atomic E-state index is 0.0544. The third kappa shape index (κ3) is 2.18. The lowest BCUT2D eigenvalue weighted by atomic mass is 10.2. The molecule has 1 aromatic rings. The van der Waals surface area contributed by atoms with Gasteiger partial charge in [0.2, 0.25) is 0 Å². The Kier molecular flexibility index (Phi) is 3.02. The average molecular weight is 205 g/mol. The third-order valence-electron chi connectivity index (χ3n) is 2.68. The number of hydrogen-bond donors (Lipinski definition) is 0. The van der Waals surface area contributed by atoms with Crippen LogP contribution in [0.4, 0.5) is 5.69 Å². The fourth-order valence-corrected chi connectivity index (χ4v) is 1.77. The number of anilines is 1. The van der Waals surface area contributed by atoms with E-state index in [9.17, 15) is 4.79 Å². The molecule has 1 amide bonds. The van der Waals surface area contributed by atoms with Crippen LogP contribution in [0, 0.1) is 0 Å². The summed E-state index contributed by atoms with van der Waals surface area (Å²) in [5, 5.41) is 0. The topological polar surface area (TPSA) is 29.5 Å². The maximum atomic E-state index is 11.9. The van der Waals surface area contributed by atoms with Gasteiger partial charge in [-0.3, -0.25) is 4.79 Å². The smallest absolute Gasteiger partial charge is 0.255 e. The first-order chi connectivity index (χ1) is 7.29. The van der Waals surface area contributed by atoms with Crippen LogP contribution in [0.3, 0.4) is 0 Å². The molecular formula is C12H15NO2. The number of carbonyl (C=O) groups excluding carboxylic acids is 1. The Morgan fingerprint density at radius 1 is 1.40 bits per heavy atom. The summed E-state index contributed by atoms with van der Waals surface area (Å²) >= 11 is 0. The van der Waals surface area contributed by atoms with Gasteiger partial charge in [0.1, 0.15) is 6.10 Å². The molecule has 3 heteroatoms. The van der Waals surface area contributed by atoms with Gasteiger partial charge in [-0.2, -0.15) is 0 Å². The normalized spacial score (nSPS) is 20.2. The van der Waals surface area contributed by atoms with Crippen molar-refractivity contribution in [1.29, 1.82) is 0 Å². The minimum atomic E-state index is -0.241. The van der Waals surface area contributed by atoms with Crippen LogP contribution in [0.1, 0.15) is 12.8 Å². The summed E-state index contributed by atoms with van der Waals surface area (Å²) in [5.41, 5.74) is 0.915. The zero-order valence-corrected chi connectivity index (χ0v) is 8.85. The van der Waals surface area contributed by atoms with Crippen LogP contribution in [0.15, 0.2) is 30.3 Å². The number of benzene rings is 1. The van der Waals surface area contributed by atoms with Gasteiger partial charge in [0, 0.05) is 19.3 Å². The van der Waals surface area contributed by atoms with E-state index >= 15 is 0 Å². The average Bonchev–Trinajstić information content (AvgIpc) is 2.82. The molecule has 80 valence electrons. The van der Waals surface area contributed by atoms with E-state index in [0.29, 0.717) is 6.61 Å². The van der Waals surface area contributed by atoms with Crippen molar-refractivity contribution in [3.8, 4) is 0 Å². The summed E-state index contributed by atoms with van der Waals surface area (Å²) in [4.78, 5) is 13.6. The lowest BCUT2D eigenvalue weighted by Gasteiger charge is -2.20. The van der Waals surface area contributed by atoms with E-state index in [1.807, 2.05) is 30.3 Å². The monoisotopic (exact) mass is 205 g/mol. The quantitative estimate of drug-likeness (QED) is 0.737. The van der Waals surface area contributed by atoms with Crippen molar-refractivity contribution < 1.29 is 9.53 Å². The highest BCUT2D eigenvalue weighted by Gasteiger charge is 2.26. The largest absolute Gasteiger partial charge is 0.368 e. The predicted octanol–water partition coefficient (Wildman–Crippen LogP) is 1.83. The second kappa shape index (κ2) is 4.45. The standard InChI is InChI=1S/C12H15NO2/c1-13(10-6-3-2-4-7-10)12(14)11-8-5-9-15-11/h2-4,6-7,11H,5,8-9H2,1H3/t11-/m1/s1. The molecule has 1 atom stereocenters. The number of nitrogens with zero attached hydrogens (tertiary/aromatic N) is 1. The highest BCUT2D eigenvalue weighted by molar-refractivity contribution is 5.96. The second-order valence-corrected chi connectivity index (χ2v) is 3.73. The Morgan fingerprint density at radius 2 is 2.13 bits per heavy atom. The highest BCUT2D eigenvalue weighted by Crippen LogP contribution is 2.18. The van der Waals surface area contributed by atoms with Crippen LogP contribution in [0.25, 0.3) is 0 Å². The van der Waals surface area contributed by atoms with E-state index in [0.717, 1.165) is 18.5 Å². The van der Waals surface area contributed by atoms with Gasteiger partial charge >= 0.3 is 0 Å². The van der Waals surface area contributed by atoms with Gasteiger partial charge in [-0.15, -0.1) is 0 Å². The number of amides is 1. The molecule has 2 rings (SSSR count). The molecule has 0 unspecified atom stereocenters. The molecule has 1 heterocycles. The molecule has 0 N–H and O–H groups in total. The van der Waals surface area contributed by atoms with E-state index in [4.69, 9.17) is 4.74 Å². The van der Waals surface area contributed by atoms with Gasteiger partial charge in [0.05, 0.1) is 0 Å². The minimum Gasteiger partial charge on any atom is -0.368 e. The van der Waals surface area contributed by atoms with Crippen LogP contribution >= 0.6 is 0 Å². The zero-order valence-electron chi connectivity index (χ0n) is 8.85. The Labute approximate surface area is 89.7 Å². The molecule has 1 aromatic carbocycles. The van der Waals surface area contributed by atoms with Crippen molar-refractivity contribution in [2.45, 2.75) is 18.9 Å². The van der Waals surface area contributed by atoms with Crippen molar-refractivity contribution in [3.05, 3.63) is 30.3 Å². The van der Waals surface area contributed by atoms with Crippen molar-refractivity contribution in [3.63, 3.8) is 0 Å². The molecule has 0 radical (unpaired) electrons. The van der Waals surface area contributed by atoms with E-state index in [1.165, 1.54) is 0 Å². The molecule has 0 aromatic heterocycles. The summed E-state index contributed by atoms with van der Waals surface area (Å²) in [5.74, 6) is 0.0544. The summed E-state index contributed by atoms with van der Waals surface area (Å²) in [6.45, 7) is 0.707. The molecule has 1 fully saturated rings. The Bertz CT molecular complexity index is 331. The Balaban J connectivity index is 2.07. The molecule has 15 heavy (non-hydrogen) atoms. The van der Waals surface area contributed by atoms with Crippen molar-refractivity contribution >= 4 is 11.6 Å². The summed E-state index contributed by atoms with van der Waals surface area (Å²) in [6, 6.07) is 9.64. The maximum Gasteiger partial charge on any atom is 0.255 e. The van der Waals surface area contributed by atoms with Gasteiger partial charge in [-0.1, -0.05) is 18.2 Å². The second-order valence-electron chi connectivity index (χ2n) is 3.73. The molecule has 0 saturated carbocycles. The van der Waals surface area contributed by atoms with Crippen molar-refractivity contribution in [2.24, 2.45) is 0 Å². The SMILES string of the molecule is CN(C(=O)[C@H]1CCCO1)c1ccccc1. The maximum absolute atomic E-state index is 11.9. The molecule has 1 aliphatic heterocycles. The first-order valence-electron chi connectivity index (χ1n) is 5.23. The molecule has 3 nitrogen and oxygen atoms in total. The number of carbonyl (C=O) groups is 1. The van der Waals surface area contributed by atoms with Crippen molar-refractivity contribution in [2.75, 3.05) is 18.6 Å². The lowest BCUT2D eigenvalue weighted by Crippen LogP contribution is -2.35. The van der Waals surface area contributed by atoms with Gasteiger partial charge in [0.15, 0.2) is 0 Å². The third-order valence-corrected chi connectivity index (χ3v) is 2.68. The summed E-state index contributed by atoms with van der Waals surface area (Å²) in [6.07, 6.45) is 1.59. The van der Waals surface area contributed by atoms with E-state index in [1.54, 1.807) is 11.9 Å². The van der Waals surface area contributed by atoms with E-state index in [-0.39, 0.29) is 12.0 Å². The lowest BCUT2D eigenvalue weighted by molar-refractivity contribution is -0.127. The summed E-state index contributed by atoms with van der Waals surface area (Å²) < 4.78 is 5.37. The van der Waals surface area contributed by atoms with Gasteiger partial charge < -0.3 is 9.64 Å². The summed E-state index contributed by atoms with van der Waals surface area (Å²) in [7, 11) is 1.79. The Hall–Kier alpha value is -1.35. The fourth-order valence-electron chi connectivity index (χ4n) is 1.77. The van der Waals surface area contributed by atoms with Crippen LogP contribution in [-0.2, 0) is 9.53 Å². The molecule has 0 aliphatic carbocycles. The van der Waals surface area contributed by atoms with Crippen LogP contribution in [-0.4, -0.2) is 25.7 Å². The van der Waals surface area contributed by atoms with Crippen LogP contribution < -0.4 is 4.90 Å². The number of hydrogen-bond acceptors (Lipinski definition) is 2. The van der Waals surface area contributed by atoms with E-state index in [2.05, 4.69) is 0 Å². The molecular weight excluding hydrogens is 190 g/mol. The van der Waals surface area contributed by atoms with Crippen molar-refractivity contribution in [1.82, 2.24) is 0 Å². The van der Waals surface area contributed by atoms with Crippen LogP contribution in [0.2, 0.25) is 0 Å². The molecule has 0 spiro atoms. The number of likely N-dealkylation sites (N-methyl/N-ethyl adjacent to an activating group) is 1. The number of para-hydroxylation sites is 1. The number of rotatable bonds is 2. The number of ether oxygens (including phenoxy) is 1. The fraction of sp³-hybridized carbons (Fsp3) is 0.417. The first-order valence-corrected chi connectivity index (χ1v) is 5.23. The predicted molar refractivity (Wildman–Crippen MR) is 58.8 cm³/mol. The molecule has 1 aliphatic rings. The zero-order chi connectivity index (χ0) is 10.7. The van der Waals surface area contributed by atoms with Gasteiger partial charge in [-0.05, 0) is 25.0 Å². The molecule has 1 saturated heterocycles. The van der Waals surface area contributed by atoms with E-state index < -0.39 is 0 Å².